The standard InChI is InChI=1S/C14H22N2O4S/c1-10-14(7-13(20-10)8-15-11-4-5-11)21(17,18)16-12-3-2-6-19-9-12/h7,11-12,15-16H,2-6,8-9H2,1H3. The normalized spacial score (nSPS) is 23.4. The van der Waals surface area contributed by atoms with E-state index in [0.29, 0.717) is 37.3 Å². The quantitative estimate of drug-likeness (QED) is 0.827. The number of hydrogen-bond acceptors (Lipinski definition) is 5. The number of sulfonamides is 1. The van der Waals surface area contributed by atoms with Gasteiger partial charge in [0.1, 0.15) is 16.4 Å². The van der Waals surface area contributed by atoms with Crippen molar-refractivity contribution in [2.75, 3.05) is 13.2 Å². The van der Waals surface area contributed by atoms with Crippen LogP contribution < -0.4 is 10.0 Å². The summed E-state index contributed by atoms with van der Waals surface area (Å²) in [5, 5.41) is 3.32. The molecule has 118 valence electrons. The number of furan rings is 1. The second kappa shape index (κ2) is 6.08. The molecule has 1 saturated heterocycles. The summed E-state index contributed by atoms with van der Waals surface area (Å²) in [4.78, 5) is 0.237. The Morgan fingerprint density at radius 3 is 2.76 bits per heavy atom. The molecule has 0 radical (unpaired) electrons. The third kappa shape index (κ3) is 3.85. The van der Waals surface area contributed by atoms with Crippen molar-refractivity contribution in [3.63, 3.8) is 0 Å². The molecule has 0 aromatic carbocycles. The molecule has 3 rings (SSSR count). The molecule has 1 saturated carbocycles. The average molecular weight is 314 g/mol. The molecule has 1 unspecified atom stereocenters. The minimum absolute atomic E-state index is 0.147. The molecule has 0 spiro atoms. The molecule has 2 N–H and O–H groups in total. The van der Waals surface area contributed by atoms with Gasteiger partial charge in [-0.25, -0.2) is 13.1 Å². The largest absolute Gasteiger partial charge is 0.464 e. The van der Waals surface area contributed by atoms with Crippen LogP contribution in [0.25, 0.3) is 0 Å². The maximum absolute atomic E-state index is 12.4. The lowest BCUT2D eigenvalue weighted by Gasteiger charge is -2.22. The minimum atomic E-state index is -3.54. The van der Waals surface area contributed by atoms with Gasteiger partial charge < -0.3 is 14.5 Å². The van der Waals surface area contributed by atoms with Crippen molar-refractivity contribution < 1.29 is 17.6 Å². The molecular formula is C14H22N2O4S. The van der Waals surface area contributed by atoms with Gasteiger partial charge in [-0.15, -0.1) is 0 Å². The molecule has 2 heterocycles. The van der Waals surface area contributed by atoms with E-state index in [2.05, 4.69) is 10.0 Å². The molecule has 1 aromatic heterocycles. The number of rotatable bonds is 6. The van der Waals surface area contributed by atoms with Crippen LogP contribution >= 0.6 is 0 Å². The third-order valence-electron chi connectivity index (χ3n) is 3.84. The molecular weight excluding hydrogens is 292 g/mol. The molecule has 0 bridgehead atoms. The highest BCUT2D eigenvalue weighted by Crippen LogP contribution is 2.23. The van der Waals surface area contributed by atoms with E-state index >= 15 is 0 Å². The van der Waals surface area contributed by atoms with Crippen LogP contribution in [0.15, 0.2) is 15.4 Å². The Hall–Kier alpha value is -0.890. The number of nitrogens with one attached hydrogen (secondary N) is 2. The molecule has 0 amide bonds. The SMILES string of the molecule is Cc1oc(CNC2CC2)cc1S(=O)(=O)NC1CCCOC1. The van der Waals surface area contributed by atoms with Gasteiger partial charge >= 0.3 is 0 Å². The first kappa shape index (κ1) is 15.0. The van der Waals surface area contributed by atoms with Gasteiger partial charge in [-0.1, -0.05) is 0 Å². The molecule has 2 fully saturated rings. The minimum Gasteiger partial charge on any atom is -0.464 e. The van der Waals surface area contributed by atoms with E-state index in [9.17, 15) is 8.42 Å². The van der Waals surface area contributed by atoms with Gasteiger partial charge in [0.05, 0.1) is 13.2 Å². The van der Waals surface area contributed by atoms with Crippen LogP contribution in [-0.2, 0) is 21.3 Å². The Bertz CT molecular complexity index is 586. The molecule has 1 aromatic rings. The van der Waals surface area contributed by atoms with Crippen molar-refractivity contribution >= 4 is 10.0 Å². The van der Waals surface area contributed by atoms with Gasteiger partial charge in [-0.2, -0.15) is 0 Å². The summed E-state index contributed by atoms with van der Waals surface area (Å²) in [7, 11) is -3.54. The summed E-state index contributed by atoms with van der Waals surface area (Å²) in [6.07, 6.45) is 4.07. The Balaban J connectivity index is 1.68. The van der Waals surface area contributed by atoms with E-state index in [1.165, 1.54) is 12.8 Å². The van der Waals surface area contributed by atoms with Crippen molar-refractivity contribution in [3.05, 3.63) is 17.6 Å². The number of ether oxygens (including phenoxy) is 1. The van der Waals surface area contributed by atoms with Gasteiger partial charge in [0.15, 0.2) is 0 Å². The van der Waals surface area contributed by atoms with Crippen LogP contribution in [-0.4, -0.2) is 33.7 Å². The van der Waals surface area contributed by atoms with Crippen LogP contribution in [0.2, 0.25) is 0 Å². The van der Waals surface area contributed by atoms with Gasteiger partial charge in [-0.05, 0) is 32.6 Å². The van der Waals surface area contributed by atoms with Crippen LogP contribution in [0.5, 0.6) is 0 Å². The topological polar surface area (TPSA) is 80.6 Å². The van der Waals surface area contributed by atoms with E-state index in [0.717, 1.165) is 12.8 Å². The Labute approximate surface area is 125 Å². The van der Waals surface area contributed by atoms with Crippen LogP contribution in [0.1, 0.15) is 37.2 Å². The third-order valence-corrected chi connectivity index (χ3v) is 5.47. The fraction of sp³-hybridized carbons (Fsp3) is 0.714. The maximum Gasteiger partial charge on any atom is 0.244 e. The van der Waals surface area contributed by atoms with Crippen LogP contribution in [0.4, 0.5) is 0 Å². The van der Waals surface area contributed by atoms with Gasteiger partial charge in [0, 0.05) is 24.8 Å². The molecule has 1 aliphatic carbocycles. The first-order chi connectivity index (χ1) is 10.0. The average Bonchev–Trinajstić information content (AvgIpc) is 3.19. The number of aryl methyl sites for hydroxylation is 1. The highest BCUT2D eigenvalue weighted by molar-refractivity contribution is 7.89. The fourth-order valence-electron chi connectivity index (χ4n) is 2.53. The van der Waals surface area contributed by atoms with Crippen molar-refractivity contribution in [2.24, 2.45) is 0 Å². The Morgan fingerprint density at radius 1 is 1.29 bits per heavy atom. The van der Waals surface area contributed by atoms with E-state index in [1.54, 1.807) is 13.0 Å². The van der Waals surface area contributed by atoms with E-state index in [4.69, 9.17) is 9.15 Å². The van der Waals surface area contributed by atoms with E-state index in [-0.39, 0.29) is 10.9 Å². The smallest absolute Gasteiger partial charge is 0.244 e. The Kier molecular flexibility index (Phi) is 4.35. The maximum atomic E-state index is 12.4. The summed E-state index contributed by atoms with van der Waals surface area (Å²) in [6, 6.07) is 2.04. The summed E-state index contributed by atoms with van der Waals surface area (Å²) in [5.41, 5.74) is 0. The second-order valence-electron chi connectivity index (χ2n) is 5.82. The zero-order chi connectivity index (χ0) is 14.9. The molecule has 2 aliphatic rings. The van der Waals surface area contributed by atoms with Crippen LogP contribution in [0.3, 0.4) is 0 Å². The van der Waals surface area contributed by atoms with Crippen molar-refractivity contribution in [2.45, 2.75) is 56.1 Å². The van der Waals surface area contributed by atoms with Crippen molar-refractivity contribution in [3.8, 4) is 0 Å². The van der Waals surface area contributed by atoms with Gasteiger partial charge in [0.25, 0.3) is 0 Å². The fourth-order valence-corrected chi connectivity index (χ4v) is 3.99. The zero-order valence-electron chi connectivity index (χ0n) is 12.2. The molecule has 1 atom stereocenters. The molecule has 7 heteroatoms. The Morgan fingerprint density at radius 2 is 2.10 bits per heavy atom. The first-order valence-corrected chi connectivity index (χ1v) is 8.96. The molecule has 21 heavy (non-hydrogen) atoms. The number of hydrogen-bond donors (Lipinski definition) is 2. The molecule has 1 aliphatic heterocycles. The molecule has 6 nitrogen and oxygen atoms in total. The van der Waals surface area contributed by atoms with Gasteiger partial charge in [0.2, 0.25) is 10.0 Å². The monoisotopic (exact) mass is 314 g/mol. The second-order valence-corrected chi connectivity index (χ2v) is 7.51. The van der Waals surface area contributed by atoms with Gasteiger partial charge in [-0.3, -0.25) is 0 Å². The summed E-state index contributed by atoms with van der Waals surface area (Å²) in [5.74, 6) is 1.10. The summed E-state index contributed by atoms with van der Waals surface area (Å²) >= 11 is 0. The first-order valence-electron chi connectivity index (χ1n) is 7.47. The lowest BCUT2D eigenvalue weighted by atomic mass is 10.1. The lowest BCUT2D eigenvalue weighted by molar-refractivity contribution is 0.0774. The summed E-state index contributed by atoms with van der Waals surface area (Å²) < 4.78 is 38.5. The van der Waals surface area contributed by atoms with E-state index in [1.807, 2.05) is 0 Å². The van der Waals surface area contributed by atoms with Crippen molar-refractivity contribution in [1.82, 2.24) is 10.0 Å². The van der Waals surface area contributed by atoms with Crippen LogP contribution in [0, 0.1) is 6.92 Å². The summed E-state index contributed by atoms with van der Waals surface area (Å²) in [6.45, 7) is 3.41. The highest BCUT2D eigenvalue weighted by atomic mass is 32.2. The predicted octanol–water partition coefficient (Wildman–Crippen LogP) is 1.30. The highest BCUT2D eigenvalue weighted by Gasteiger charge is 2.27. The van der Waals surface area contributed by atoms with E-state index < -0.39 is 10.0 Å². The predicted molar refractivity (Wildman–Crippen MR) is 77.5 cm³/mol. The zero-order valence-corrected chi connectivity index (χ0v) is 13.0. The van der Waals surface area contributed by atoms with Crippen molar-refractivity contribution in [1.29, 1.82) is 0 Å². The lowest BCUT2D eigenvalue weighted by Crippen LogP contribution is -2.40.